The molecule has 4 aromatic heterocycles. The van der Waals surface area contributed by atoms with E-state index < -0.39 is 0 Å². The smallest absolute Gasteiger partial charge is 0.164 e. The van der Waals surface area contributed by atoms with Crippen LogP contribution in [0.1, 0.15) is 93.6 Å². The van der Waals surface area contributed by atoms with Gasteiger partial charge in [-0.15, -0.1) is 40.5 Å². The monoisotopic (exact) mass is 866 g/mol. The molecule has 0 aliphatic carbocycles. The summed E-state index contributed by atoms with van der Waals surface area (Å²) in [6.07, 6.45) is 6.56. The van der Waals surface area contributed by atoms with Crippen molar-refractivity contribution >= 4 is 49.1 Å². The van der Waals surface area contributed by atoms with Crippen LogP contribution in [-0.2, 0) is 30.3 Å². The molecule has 0 spiro atoms. The van der Waals surface area contributed by atoms with Gasteiger partial charge < -0.3 is 9.52 Å². The molecule has 0 atom stereocenters. The number of allylic oxidation sites excluding steroid dienone is 2. The van der Waals surface area contributed by atoms with Crippen molar-refractivity contribution in [2.45, 2.75) is 93.4 Å². The average Bonchev–Trinajstić information content (AvgIpc) is 3.77. The Kier molecular flexibility index (Phi) is 12.3. The number of fused-ring (bicyclic) bond motifs is 3. The number of aliphatic hydroxyl groups is 1. The SMILES string of the molecule is CC(C)(C)c1cc(-c2nccc3oc(-c4ccc5ccsc5n4)cc23)[c-]c2ccccc12.CCC(C)(CC)C(=O)/C=C(\O)C(C)(CC)CC.[Ir]. The van der Waals surface area contributed by atoms with Crippen LogP contribution in [0.2, 0.25) is 0 Å². The van der Waals surface area contributed by atoms with E-state index in [1.165, 1.54) is 17.0 Å². The number of aromatic nitrogens is 2. The van der Waals surface area contributed by atoms with Crippen LogP contribution in [0.3, 0.4) is 0 Å². The summed E-state index contributed by atoms with van der Waals surface area (Å²) >= 11 is 1.64. The van der Waals surface area contributed by atoms with Crippen molar-refractivity contribution in [1.29, 1.82) is 0 Å². The van der Waals surface area contributed by atoms with E-state index in [0.29, 0.717) is 0 Å². The van der Waals surface area contributed by atoms with Gasteiger partial charge in [0, 0.05) is 59.7 Å². The fraction of sp³-hybridized carbons (Fsp3) is 0.372. The van der Waals surface area contributed by atoms with E-state index in [4.69, 9.17) is 14.4 Å². The summed E-state index contributed by atoms with van der Waals surface area (Å²) in [5, 5.41) is 16.7. The van der Waals surface area contributed by atoms with Crippen molar-refractivity contribution < 1.29 is 34.4 Å². The number of nitrogens with zero attached hydrogens (tertiary/aromatic N) is 2. The number of thiophene rings is 1. The molecular formula is C43H49IrN2O3S-. The van der Waals surface area contributed by atoms with Gasteiger partial charge in [0.05, 0.1) is 0 Å². The summed E-state index contributed by atoms with van der Waals surface area (Å²) in [6.45, 7) is 18.8. The van der Waals surface area contributed by atoms with Crippen LogP contribution < -0.4 is 0 Å². The van der Waals surface area contributed by atoms with E-state index in [2.05, 4.69) is 80.7 Å². The molecule has 6 rings (SSSR count). The Morgan fingerprint density at radius 3 is 2.22 bits per heavy atom. The summed E-state index contributed by atoms with van der Waals surface area (Å²) in [5.41, 5.74) is 4.18. The number of rotatable bonds is 9. The number of carbonyl (C=O) groups is 1. The van der Waals surface area contributed by atoms with Gasteiger partial charge in [-0.1, -0.05) is 91.5 Å². The minimum absolute atomic E-state index is 0. The molecule has 1 radical (unpaired) electrons. The van der Waals surface area contributed by atoms with Gasteiger partial charge in [-0.2, -0.15) is 0 Å². The zero-order valence-corrected chi connectivity index (χ0v) is 33.9. The van der Waals surface area contributed by atoms with Crippen LogP contribution in [0.15, 0.2) is 88.5 Å². The number of benzene rings is 2. The van der Waals surface area contributed by atoms with Crippen LogP contribution >= 0.6 is 11.3 Å². The van der Waals surface area contributed by atoms with Crippen LogP contribution in [-0.4, -0.2) is 20.9 Å². The minimum atomic E-state index is -0.337. The molecule has 5 nitrogen and oxygen atoms in total. The van der Waals surface area contributed by atoms with E-state index in [1.54, 1.807) is 17.5 Å². The number of pyridine rings is 2. The molecule has 0 fully saturated rings. The Hall–Kier alpha value is -3.64. The Balaban J connectivity index is 0.000000269. The third-order valence-corrected chi connectivity index (χ3v) is 11.3. The largest absolute Gasteiger partial charge is 0.512 e. The first kappa shape index (κ1) is 39.2. The first-order valence-electron chi connectivity index (χ1n) is 17.4. The van der Waals surface area contributed by atoms with Crippen LogP contribution in [0, 0.1) is 16.9 Å². The number of hydrogen-bond donors (Lipinski definition) is 1. The fourth-order valence-electron chi connectivity index (χ4n) is 5.95. The Labute approximate surface area is 314 Å². The van der Waals surface area contributed by atoms with Crippen molar-refractivity contribution in [3.05, 3.63) is 95.7 Å². The predicted molar refractivity (Wildman–Crippen MR) is 206 cm³/mol. The maximum Gasteiger partial charge on any atom is 0.164 e. The van der Waals surface area contributed by atoms with Crippen molar-refractivity contribution in [2.75, 3.05) is 0 Å². The molecule has 265 valence electrons. The summed E-state index contributed by atoms with van der Waals surface area (Å²) < 4.78 is 6.21. The average molecular weight is 866 g/mol. The topological polar surface area (TPSA) is 76.2 Å². The van der Waals surface area contributed by atoms with Gasteiger partial charge in [0.25, 0.3) is 0 Å². The van der Waals surface area contributed by atoms with Gasteiger partial charge in [0.2, 0.25) is 0 Å². The summed E-state index contributed by atoms with van der Waals surface area (Å²) in [7, 11) is 0. The quantitative estimate of drug-likeness (QED) is 0.0890. The van der Waals surface area contributed by atoms with Crippen molar-refractivity contribution in [3.63, 3.8) is 0 Å². The number of hydrogen-bond acceptors (Lipinski definition) is 6. The van der Waals surface area contributed by atoms with Crippen LogP contribution in [0.4, 0.5) is 0 Å². The predicted octanol–water partition coefficient (Wildman–Crippen LogP) is 12.7. The maximum atomic E-state index is 12.2. The molecule has 0 aliphatic heterocycles. The molecule has 4 heterocycles. The first-order valence-corrected chi connectivity index (χ1v) is 18.3. The second-order valence-corrected chi connectivity index (χ2v) is 15.4. The molecule has 50 heavy (non-hydrogen) atoms. The molecule has 1 N–H and O–H groups in total. The number of aliphatic hydroxyl groups excluding tert-OH is 1. The van der Waals surface area contributed by atoms with Gasteiger partial charge in [-0.3, -0.25) is 9.78 Å². The number of carbonyl (C=O) groups excluding carboxylic acids is 1. The molecule has 6 aromatic rings. The fourth-order valence-corrected chi connectivity index (χ4v) is 6.71. The molecule has 0 unspecified atom stereocenters. The molecule has 2 aromatic carbocycles. The van der Waals surface area contributed by atoms with Crippen LogP contribution in [0.5, 0.6) is 0 Å². The van der Waals surface area contributed by atoms with Gasteiger partial charge >= 0.3 is 0 Å². The standard InChI is InChI=1S/C28H21N2OS.C15H28O2.Ir/c1-28(2,3)22-15-19(14-18-6-4-5-7-20(18)22)26-21-16-25(31-24(21)10-12-29-26)23-9-8-17-11-13-32-27(17)30-23;1-7-14(5,8-2)12(16)11-13(17)15(6,9-3)10-4;/h4-13,15-16H,1-3H3;11,16H,7-10H2,1-6H3;/q-1;;/b;12-11-;. The van der Waals surface area contributed by atoms with E-state index in [-0.39, 0.29) is 47.9 Å². The molecule has 0 bridgehead atoms. The van der Waals surface area contributed by atoms with E-state index >= 15 is 0 Å². The third kappa shape index (κ3) is 7.96. The molecule has 0 aliphatic rings. The minimum Gasteiger partial charge on any atom is -0.512 e. The second kappa shape index (κ2) is 15.7. The third-order valence-electron chi connectivity index (χ3n) is 10.5. The van der Waals surface area contributed by atoms with Gasteiger partial charge in [0.1, 0.15) is 21.9 Å². The van der Waals surface area contributed by atoms with Gasteiger partial charge in [0.15, 0.2) is 11.5 Å². The van der Waals surface area contributed by atoms with E-state index in [9.17, 15) is 9.90 Å². The molecule has 0 amide bonds. The number of furan rings is 1. The molecule has 7 heteroatoms. The summed E-state index contributed by atoms with van der Waals surface area (Å²) in [5.74, 6) is 1.04. The molecule has 0 saturated carbocycles. The van der Waals surface area contributed by atoms with E-state index in [0.717, 1.165) is 75.0 Å². The van der Waals surface area contributed by atoms with Crippen molar-refractivity contribution in [3.8, 4) is 22.7 Å². The Morgan fingerprint density at radius 2 is 1.56 bits per heavy atom. The normalized spacial score (nSPS) is 12.5. The van der Waals surface area contributed by atoms with Crippen molar-refractivity contribution in [1.82, 2.24) is 9.97 Å². The van der Waals surface area contributed by atoms with Crippen molar-refractivity contribution in [2.24, 2.45) is 10.8 Å². The zero-order chi connectivity index (χ0) is 35.6. The van der Waals surface area contributed by atoms with Gasteiger partial charge in [-0.05, 0) is 66.8 Å². The summed E-state index contributed by atoms with van der Waals surface area (Å²) in [6, 6.07) is 24.4. The first-order chi connectivity index (χ1) is 23.3. The molecular weight excluding hydrogens is 817 g/mol. The van der Waals surface area contributed by atoms with Gasteiger partial charge in [-0.25, -0.2) is 4.98 Å². The maximum absolute atomic E-state index is 12.2. The molecule has 0 saturated heterocycles. The second-order valence-electron chi connectivity index (χ2n) is 14.5. The Morgan fingerprint density at radius 1 is 0.880 bits per heavy atom. The Bertz CT molecular complexity index is 2130. The van der Waals surface area contributed by atoms with Crippen LogP contribution in [0.25, 0.3) is 54.7 Å². The summed E-state index contributed by atoms with van der Waals surface area (Å²) in [4.78, 5) is 22.7. The van der Waals surface area contributed by atoms with E-state index in [1.807, 2.05) is 53.7 Å². The zero-order valence-electron chi connectivity index (χ0n) is 30.7. The number of ketones is 1.